The fraction of sp³-hybridized carbons (Fsp3) is 0.682. The second-order valence-electron chi connectivity index (χ2n) is 8.07. The van der Waals surface area contributed by atoms with Gasteiger partial charge in [0.15, 0.2) is 5.96 Å². The van der Waals surface area contributed by atoms with Gasteiger partial charge in [0, 0.05) is 31.5 Å². The molecular weight excluding hydrogens is 354 g/mol. The number of nitrogens with one attached hydrogen (secondary N) is 2. The summed E-state index contributed by atoms with van der Waals surface area (Å²) in [6.45, 7) is 9.35. The van der Waals surface area contributed by atoms with Gasteiger partial charge in [-0.1, -0.05) is 6.92 Å². The Labute approximate surface area is 169 Å². The number of benzene rings is 1. The molecule has 28 heavy (non-hydrogen) atoms. The summed E-state index contributed by atoms with van der Waals surface area (Å²) < 4.78 is 17.0. The van der Waals surface area contributed by atoms with Crippen LogP contribution in [0.3, 0.4) is 0 Å². The summed E-state index contributed by atoms with van der Waals surface area (Å²) in [7, 11) is 0. The molecule has 1 saturated carbocycles. The monoisotopic (exact) mass is 389 g/mol. The molecule has 6 heteroatoms. The molecular formula is C22H35N3O3. The van der Waals surface area contributed by atoms with E-state index in [2.05, 4.69) is 17.6 Å². The van der Waals surface area contributed by atoms with Crippen LogP contribution in [0.25, 0.3) is 0 Å². The van der Waals surface area contributed by atoms with Crippen molar-refractivity contribution in [3.8, 4) is 5.75 Å². The molecule has 1 aliphatic heterocycles. The molecule has 3 atom stereocenters. The van der Waals surface area contributed by atoms with Crippen LogP contribution in [0.2, 0.25) is 0 Å². The minimum atomic E-state index is 0.177. The molecule has 6 nitrogen and oxygen atoms in total. The van der Waals surface area contributed by atoms with Crippen molar-refractivity contribution in [1.29, 1.82) is 0 Å². The molecule has 2 fully saturated rings. The minimum absolute atomic E-state index is 0.177. The van der Waals surface area contributed by atoms with Crippen LogP contribution in [0.1, 0.15) is 46.5 Å². The van der Waals surface area contributed by atoms with Crippen LogP contribution in [0.15, 0.2) is 29.3 Å². The number of nitrogens with zero attached hydrogens (tertiary/aromatic N) is 1. The highest BCUT2D eigenvalue weighted by Gasteiger charge is 2.33. The SMILES string of the molecule is CC(C)Oc1ccc(NC(=NCCCOCC2CCCO2)NC2CC2C)cc1. The average molecular weight is 390 g/mol. The van der Waals surface area contributed by atoms with Gasteiger partial charge in [-0.05, 0) is 69.7 Å². The lowest BCUT2D eigenvalue weighted by molar-refractivity contribution is 0.0171. The summed E-state index contributed by atoms with van der Waals surface area (Å²) in [5.41, 5.74) is 1.00. The van der Waals surface area contributed by atoms with Gasteiger partial charge in [-0.3, -0.25) is 4.99 Å². The van der Waals surface area contributed by atoms with Gasteiger partial charge in [0.05, 0.1) is 18.8 Å². The molecule has 0 spiro atoms. The van der Waals surface area contributed by atoms with E-state index in [0.717, 1.165) is 56.4 Å². The maximum absolute atomic E-state index is 5.72. The van der Waals surface area contributed by atoms with E-state index in [-0.39, 0.29) is 6.10 Å². The van der Waals surface area contributed by atoms with Gasteiger partial charge < -0.3 is 24.8 Å². The van der Waals surface area contributed by atoms with Crippen molar-refractivity contribution in [2.45, 2.75) is 64.7 Å². The van der Waals surface area contributed by atoms with Crippen LogP contribution in [-0.2, 0) is 9.47 Å². The maximum Gasteiger partial charge on any atom is 0.196 e. The smallest absolute Gasteiger partial charge is 0.196 e. The number of aliphatic imine (C=N–C) groups is 1. The molecule has 3 rings (SSSR count). The van der Waals surface area contributed by atoms with E-state index in [9.17, 15) is 0 Å². The molecule has 2 N–H and O–H groups in total. The van der Waals surface area contributed by atoms with E-state index in [4.69, 9.17) is 19.2 Å². The van der Waals surface area contributed by atoms with E-state index in [1.54, 1.807) is 0 Å². The third-order valence-electron chi connectivity index (χ3n) is 4.96. The van der Waals surface area contributed by atoms with Gasteiger partial charge in [0.25, 0.3) is 0 Å². The van der Waals surface area contributed by atoms with Gasteiger partial charge in [0.1, 0.15) is 5.75 Å². The Morgan fingerprint density at radius 1 is 1.29 bits per heavy atom. The Balaban J connectivity index is 1.43. The highest BCUT2D eigenvalue weighted by atomic mass is 16.5. The van der Waals surface area contributed by atoms with Crippen molar-refractivity contribution in [2.24, 2.45) is 10.9 Å². The third kappa shape index (κ3) is 7.32. The highest BCUT2D eigenvalue weighted by Crippen LogP contribution is 2.29. The second-order valence-corrected chi connectivity index (χ2v) is 8.07. The summed E-state index contributed by atoms with van der Waals surface area (Å²) in [5.74, 6) is 2.43. The van der Waals surface area contributed by atoms with E-state index < -0.39 is 0 Å². The predicted molar refractivity (Wildman–Crippen MR) is 113 cm³/mol. The lowest BCUT2D eigenvalue weighted by atomic mass is 10.2. The standard InChI is InChI=1S/C22H35N3O3/c1-16(2)28-19-9-7-18(8-10-19)24-22(25-21-14-17(21)3)23-11-5-12-26-15-20-6-4-13-27-20/h7-10,16-17,20-21H,4-6,11-15H2,1-3H3,(H2,23,24,25). The number of anilines is 1. The lowest BCUT2D eigenvalue weighted by Gasteiger charge is -2.14. The van der Waals surface area contributed by atoms with Gasteiger partial charge >= 0.3 is 0 Å². The van der Waals surface area contributed by atoms with Crippen LogP contribution < -0.4 is 15.4 Å². The quantitative estimate of drug-likeness (QED) is 0.362. The number of hydrogen-bond donors (Lipinski definition) is 2. The van der Waals surface area contributed by atoms with Crippen molar-refractivity contribution < 1.29 is 14.2 Å². The zero-order valence-electron chi connectivity index (χ0n) is 17.4. The molecule has 0 bridgehead atoms. The molecule has 156 valence electrons. The Hall–Kier alpha value is -1.79. The van der Waals surface area contributed by atoms with Crippen LogP contribution in [-0.4, -0.2) is 50.6 Å². The van der Waals surface area contributed by atoms with Crippen molar-refractivity contribution in [3.63, 3.8) is 0 Å². The van der Waals surface area contributed by atoms with Gasteiger partial charge in [-0.15, -0.1) is 0 Å². The number of rotatable bonds is 10. The molecule has 1 heterocycles. The zero-order valence-corrected chi connectivity index (χ0v) is 17.4. The molecule has 0 radical (unpaired) electrons. The molecule has 1 aromatic rings. The van der Waals surface area contributed by atoms with Crippen LogP contribution >= 0.6 is 0 Å². The maximum atomic E-state index is 5.72. The van der Waals surface area contributed by atoms with Crippen molar-refractivity contribution in [2.75, 3.05) is 31.7 Å². The van der Waals surface area contributed by atoms with E-state index in [0.29, 0.717) is 24.7 Å². The topological polar surface area (TPSA) is 64.1 Å². The first-order valence-corrected chi connectivity index (χ1v) is 10.6. The first-order valence-electron chi connectivity index (χ1n) is 10.6. The Morgan fingerprint density at radius 3 is 2.71 bits per heavy atom. The fourth-order valence-electron chi connectivity index (χ4n) is 3.19. The zero-order chi connectivity index (χ0) is 19.8. The average Bonchev–Trinajstić information content (AvgIpc) is 3.13. The molecule has 0 aromatic heterocycles. The first kappa shape index (κ1) is 20.9. The molecule has 2 aliphatic rings. The second kappa shape index (κ2) is 10.7. The molecule has 1 aromatic carbocycles. The fourth-order valence-corrected chi connectivity index (χ4v) is 3.19. The van der Waals surface area contributed by atoms with Crippen LogP contribution in [0.4, 0.5) is 5.69 Å². The first-order chi connectivity index (χ1) is 13.6. The van der Waals surface area contributed by atoms with E-state index >= 15 is 0 Å². The Morgan fingerprint density at radius 2 is 2.07 bits per heavy atom. The minimum Gasteiger partial charge on any atom is -0.491 e. The summed E-state index contributed by atoms with van der Waals surface area (Å²) in [6.07, 6.45) is 4.85. The predicted octanol–water partition coefficient (Wildman–Crippen LogP) is 3.83. The highest BCUT2D eigenvalue weighted by molar-refractivity contribution is 5.94. The summed E-state index contributed by atoms with van der Waals surface area (Å²) in [6, 6.07) is 8.54. The Kier molecular flexibility index (Phi) is 7.98. The molecule has 1 saturated heterocycles. The normalized spacial score (nSPS) is 24.4. The van der Waals surface area contributed by atoms with E-state index in [1.165, 1.54) is 6.42 Å². The number of hydrogen-bond acceptors (Lipinski definition) is 4. The number of ether oxygens (including phenoxy) is 3. The van der Waals surface area contributed by atoms with Gasteiger partial charge in [0.2, 0.25) is 0 Å². The molecule has 3 unspecified atom stereocenters. The third-order valence-corrected chi connectivity index (χ3v) is 4.96. The summed E-state index contributed by atoms with van der Waals surface area (Å²) in [5, 5.41) is 6.93. The van der Waals surface area contributed by atoms with Gasteiger partial charge in [-0.25, -0.2) is 0 Å². The van der Waals surface area contributed by atoms with Gasteiger partial charge in [-0.2, -0.15) is 0 Å². The van der Waals surface area contributed by atoms with Crippen LogP contribution in [0.5, 0.6) is 5.75 Å². The van der Waals surface area contributed by atoms with Crippen molar-refractivity contribution >= 4 is 11.6 Å². The van der Waals surface area contributed by atoms with Crippen molar-refractivity contribution in [1.82, 2.24) is 5.32 Å². The van der Waals surface area contributed by atoms with E-state index in [1.807, 2.05) is 38.1 Å². The summed E-state index contributed by atoms with van der Waals surface area (Å²) in [4.78, 5) is 4.73. The van der Waals surface area contributed by atoms with Crippen molar-refractivity contribution in [3.05, 3.63) is 24.3 Å². The summed E-state index contributed by atoms with van der Waals surface area (Å²) >= 11 is 0. The largest absolute Gasteiger partial charge is 0.491 e. The Bertz CT molecular complexity index is 612. The number of guanidine groups is 1. The van der Waals surface area contributed by atoms with Crippen LogP contribution in [0, 0.1) is 5.92 Å². The molecule has 0 amide bonds. The molecule has 1 aliphatic carbocycles. The lowest BCUT2D eigenvalue weighted by Crippen LogP contribution is -2.33.